The average Bonchev–Trinajstić information content (AvgIpc) is 2.14. The quantitative estimate of drug-likeness (QED) is 0.687. The highest BCUT2D eigenvalue weighted by molar-refractivity contribution is 4.79. The molecule has 0 bridgehead atoms. The monoisotopic (exact) mass is 199 g/mol. The molecule has 0 aromatic heterocycles. The van der Waals surface area contributed by atoms with Gasteiger partial charge in [-0.3, -0.25) is 0 Å². The van der Waals surface area contributed by atoms with Crippen LogP contribution < -0.4 is 5.32 Å². The highest BCUT2D eigenvalue weighted by Crippen LogP contribution is 2.28. The summed E-state index contributed by atoms with van der Waals surface area (Å²) < 4.78 is 5.38. The summed E-state index contributed by atoms with van der Waals surface area (Å²) in [5.41, 5.74) is 0.481. The Bertz CT molecular complexity index is 150. The molecular weight excluding hydrogens is 174 g/mol. The van der Waals surface area contributed by atoms with Crippen LogP contribution in [-0.2, 0) is 4.74 Å². The minimum atomic E-state index is 0.481. The van der Waals surface area contributed by atoms with Crippen LogP contribution in [0.3, 0.4) is 0 Å². The van der Waals surface area contributed by atoms with Gasteiger partial charge < -0.3 is 10.1 Å². The zero-order valence-corrected chi connectivity index (χ0v) is 9.94. The Labute approximate surface area is 88.4 Å². The molecule has 1 heterocycles. The first-order valence-electron chi connectivity index (χ1n) is 5.91. The molecule has 0 saturated carbocycles. The molecule has 0 unspecified atom stereocenters. The molecule has 0 spiro atoms. The summed E-state index contributed by atoms with van der Waals surface area (Å²) in [5, 5.41) is 3.57. The topological polar surface area (TPSA) is 21.3 Å². The van der Waals surface area contributed by atoms with Gasteiger partial charge in [0.2, 0.25) is 0 Å². The van der Waals surface area contributed by atoms with E-state index in [1.54, 1.807) is 0 Å². The maximum absolute atomic E-state index is 5.38. The second kappa shape index (κ2) is 5.72. The van der Waals surface area contributed by atoms with E-state index >= 15 is 0 Å². The molecule has 14 heavy (non-hydrogen) atoms. The maximum atomic E-state index is 5.38. The lowest BCUT2D eigenvalue weighted by atomic mass is 9.82. The van der Waals surface area contributed by atoms with Crippen LogP contribution in [0.1, 0.15) is 40.0 Å². The molecule has 1 aliphatic heterocycles. The van der Waals surface area contributed by atoms with Gasteiger partial charge in [-0.1, -0.05) is 20.8 Å². The molecule has 1 rings (SSSR count). The van der Waals surface area contributed by atoms with Gasteiger partial charge in [-0.15, -0.1) is 0 Å². The number of nitrogens with one attached hydrogen (secondary N) is 1. The third kappa shape index (κ3) is 4.43. The predicted molar refractivity (Wildman–Crippen MR) is 60.5 cm³/mol. The largest absolute Gasteiger partial charge is 0.381 e. The Morgan fingerprint density at radius 2 is 1.93 bits per heavy atom. The Kier molecular flexibility index (Phi) is 4.90. The van der Waals surface area contributed by atoms with Crippen LogP contribution in [0, 0.1) is 11.3 Å². The predicted octanol–water partition coefficient (Wildman–Crippen LogP) is 2.44. The molecule has 2 heteroatoms. The minimum Gasteiger partial charge on any atom is -0.381 e. The van der Waals surface area contributed by atoms with E-state index in [1.165, 1.54) is 19.3 Å². The van der Waals surface area contributed by atoms with E-state index in [2.05, 4.69) is 26.1 Å². The Hall–Kier alpha value is -0.0800. The Balaban J connectivity index is 2.09. The molecule has 1 aliphatic rings. The van der Waals surface area contributed by atoms with Gasteiger partial charge in [-0.05, 0) is 37.1 Å². The summed E-state index contributed by atoms with van der Waals surface area (Å²) in [6.07, 6.45) is 3.70. The summed E-state index contributed by atoms with van der Waals surface area (Å²) in [6, 6.07) is 0. The molecule has 0 aromatic carbocycles. The van der Waals surface area contributed by atoms with Gasteiger partial charge in [0.25, 0.3) is 0 Å². The van der Waals surface area contributed by atoms with Crippen LogP contribution in [0.2, 0.25) is 0 Å². The van der Waals surface area contributed by atoms with Gasteiger partial charge >= 0.3 is 0 Å². The van der Waals surface area contributed by atoms with E-state index in [1.807, 2.05) is 0 Å². The van der Waals surface area contributed by atoms with Crippen LogP contribution in [-0.4, -0.2) is 26.3 Å². The second-order valence-corrected chi connectivity index (χ2v) is 5.28. The van der Waals surface area contributed by atoms with Crippen molar-refractivity contribution in [3.63, 3.8) is 0 Å². The minimum absolute atomic E-state index is 0.481. The van der Waals surface area contributed by atoms with Crippen molar-refractivity contribution >= 4 is 0 Å². The highest BCUT2D eigenvalue weighted by atomic mass is 16.5. The number of ether oxygens (including phenoxy) is 1. The van der Waals surface area contributed by atoms with E-state index in [4.69, 9.17) is 4.74 Å². The SMILES string of the molecule is CC(C)CCNCC1(C)CCOCC1. The molecule has 0 atom stereocenters. The molecule has 0 aromatic rings. The first-order chi connectivity index (χ1) is 6.62. The van der Waals surface area contributed by atoms with Crippen molar-refractivity contribution in [3.05, 3.63) is 0 Å². The number of hydrogen-bond donors (Lipinski definition) is 1. The van der Waals surface area contributed by atoms with E-state index in [0.717, 1.165) is 32.2 Å². The molecular formula is C12H25NO. The molecule has 1 fully saturated rings. The van der Waals surface area contributed by atoms with Gasteiger partial charge in [0, 0.05) is 19.8 Å². The molecule has 0 radical (unpaired) electrons. The lowest BCUT2D eigenvalue weighted by Gasteiger charge is -2.33. The van der Waals surface area contributed by atoms with Crippen molar-refractivity contribution in [1.29, 1.82) is 0 Å². The maximum Gasteiger partial charge on any atom is 0.0471 e. The van der Waals surface area contributed by atoms with E-state index in [0.29, 0.717) is 5.41 Å². The number of rotatable bonds is 5. The van der Waals surface area contributed by atoms with Crippen molar-refractivity contribution in [3.8, 4) is 0 Å². The normalized spacial score (nSPS) is 21.4. The van der Waals surface area contributed by atoms with Crippen LogP contribution in [0.5, 0.6) is 0 Å². The van der Waals surface area contributed by atoms with E-state index in [9.17, 15) is 0 Å². The summed E-state index contributed by atoms with van der Waals surface area (Å²) in [6.45, 7) is 11.1. The third-order valence-electron chi connectivity index (χ3n) is 3.15. The van der Waals surface area contributed by atoms with Gasteiger partial charge in [0.1, 0.15) is 0 Å². The van der Waals surface area contributed by atoms with E-state index < -0.39 is 0 Å². The van der Waals surface area contributed by atoms with Crippen molar-refractivity contribution in [1.82, 2.24) is 5.32 Å². The standard InChI is InChI=1S/C12H25NO/c1-11(2)4-7-13-10-12(3)5-8-14-9-6-12/h11,13H,4-10H2,1-3H3. The average molecular weight is 199 g/mol. The van der Waals surface area contributed by atoms with Crippen molar-refractivity contribution in [2.45, 2.75) is 40.0 Å². The van der Waals surface area contributed by atoms with Crippen LogP contribution in [0.25, 0.3) is 0 Å². The van der Waals surface area contributed by atoms with Crippen molar-refractivity contribution in [2.75, 3.05) is 26.3 Å². The van der Waals surface area contributed by atoms with Crippen LogP contribution in [0.4, 0.5) is 0 Å². The van der Waals surface area contributed by atoms with Gasteiger partial charge in [-0.2, -0.15) is 0 Å². The summed E-state index contributed by atoms with van der Waals surface area (Å²) in [7, 11) is 0. The fourth-order valence-corrected chi connectivity index (χ4v) is 1.82. The Morgan fingerprint density at radius 3 is 2.50 bits per heavy atom. The van der Waals surface area contributed by atoms with Gasteiger partial charge in [-0.25, -0.2) is 0 Å². The smallest absolute Gasteiger partial charge is 0.0471 e. The molecule has 2 nitrogen and oxygen atoms in total. The summed E-state index contributed by atoms with van der Waals surface area (Å²) in [5.74, 6) is 0.810. The highest BCUT2D eigenvalue weighted by Gasteiger charge is 2.26. The molecule has 0 amide bonds. The van der Waals surface area contributed by atoms with E-state index in [-0.39, 0.29) is 0 Å². The number of hydrogen-bond acceptors (Lipinski definition) is 2. The molecule has 1 N–H and O–H groups in total. The lowest BCUT2D eigenvalue weighted by molar-refractivity contribution is 0.0241. The third-order valence-corrected chi connectivity index (χ3v) is 3.15. The van der Waals surface area contributed by atoms with Crippen molar-refractivity contribution in [2.24, 2.45) is 11.3 Å². The fourth-order valence-electron chi connectivity index (χ4n) is 1.82. The molecule has 0 aliphatic carbocycles. The lowest BCUT2D eigenvalue weighted by Crippen LogP contribution is -2.37. The zero-order valence-electron chi connectivity index (χ0n) is 9.94. The first kappa shape index (κ1) is 12.0. The summed E-state index contributed by atoms with van der Waals surface area (Å²) >= 11 is 0. The first-order valence-corrected chi connectivity index (χ1v) is 5.91. The zero-order chi connectivity index (χ0) is 10.4. The summed E-state index contributed by atoms with van der Waals surface area (Å²) in [4.78, 5) is 0. The van der Waals surface area contributed by atoms with Gasteiger partial charge in [0.15, 0.2) is 0 Å². The van der Waals surface area contributed by atoms with Gasteiger partial charge in [0.05, 0.1) is 0 Å². The Morgan fingerprint density at radius 1 is 1.29 bits per heavy atom. The fraction of sp³-hybridized carbons (Fsp3) is 1.00. The molecule has 1 saturated heterocycles. The van der Waals surface area contributed by atoms with Crippen LogP contribution in [0.15, 0.2) is 0 Å². The van der Waals surface area contributed by atoms with Crippen LogP contribution >= 0.6 is 0 Å². The second-order valence-electron chi connectivity index (χ2n) is 5.28. The van der Waals surface area contributed by atoms with Crippen molar-refractivity contribution < 1.29 is 4.74 Å². The molecule has 84 valence electrons.